The normalized spacial score (nSPS) is 10.6. The molecule has 0 aliphatic carbocycles. The number of benzene rings is 1. The Morgan fingerprint density at radius 1 is 0.958 bits per heavy atom. The number of anilines is 1. The molecule has 24 heavy (non-hydrogen) atoms. The van der Waals surface area contributed by atoms with Crippen molar-refractivity contribution in [1.82, 2.24) is 15.0 Å². The van der Waals surface area contributed by atoms with E-state index in [1.54, 1.807) is 24.5 Å². The molecule has 0 N–H and O–H groups in total. The molecule has 2 aromatic heterocycles. The minimum absolute atomic E-state index is 0.289. The van der Waals surface area contributed by atoms with E-state index in [1.165, 1.54) is 6.07 Å². The Balaban J connectivity index is 2.18. The van der Waals surface area contributed by atoms with Gasteiger partial charge in [-0.1, -0.05) is 12.1 Å². The summed E-state index contributed by atoms with van der Waals surface area (Å²) in [5.74, 6) is 1.07. The monoisotopic (exact) mass is 322 g/mol. The average molecular weight is 322 g/mol. The molecule has 5 heteroatoms. The minimum Gasteiger partial charge on any atom is -0.357 e. The zero-order chi connectivity index (χ0) is 16.9. The van der Waals surface area contributed by atoms with Gasteiger partial charge in [-0.25, -0.2) is 14.4 Å². The number of rotatable bonds is 5. The van der Waals surface area contributed by atoms with Gasteiger partial charge in [-0.05, 0) is 38.1 Å². The summed E-state index contributed by atoms with van der Waals surface area (Å²) < 4.78 is 14.2. The molecule has 3 rings (SSSR count). The highest BCUT2D eigenvalue weighted by molar-refractivity contribution is 5.68. The van der Waals surface area contributed by atoms with E-state index in [2.05, 4.69) is 33.7 Å². The van der Waals surface area contributed by atoms with E-state index in [1.807, 2.05) is 24.3 Å². The number of pyridine rings is 1. The van der Waals surface area contributed by atoms with Crippen LogP contribution in [0.1, 0.15) is 13.8 Å². The lowest BCUT2D eigenvalue weighted by atomic mass is 10.1. The average Bonchev–Trinajstić information content (AvgIpc) is 2.64. The van der Waals surface area contributed by atoms with Crippen LogP contribution >= 0.6 is 0 Å². The molecule has 0 saturated carbocycles. The smallest absolute Gasteiger partial charge is 0.162 e. The minimum atomic E-state index is -0.289. The van der Waals surface area contributed by atoms with Gasteiger partial charge in [0, 0.05) is 42.7 Å². The molecule has 4 nitrogen and oxygen atoms in total. The highest BCUT2D eigenvalue weighted by atomic mass is 19.1. The first kappa shape index (κ1) is 16.1. The van der Waals surface area contributed by atoms with Gasteiger partial charge in [-0.2, -0.15) is 0 Å². The molecule has 122 valence electrons. The van der Waals surface area contributed by atoms with E-state index < -0.39 is 0 Å². The molecular weight excluding hydrogens is 303 g/mol. The van der Waals surface area contributed by atoms with Crippen LogP contribution in [-0.4, -0.2) is 28.0 Å². The van der Waals surface area contributed by atoms with Crippen molar-refractivity contribution in [1.29, 1.82) is 0 Å². The highest BCUT2D eigenvalue weighted by Gasteiger charge is 2.14. The summed E-state index contributed by atoms with van der Waals surface area (Å²) in [5, 5.41) is 0. The molecule has 3 aromatic rings. The molecule has 0 aliphatic heterocycles. The maximum absolute atomic E-state index is 14.2. The van der Waals surface area contributed by atoms with Crippen LogP contribution in [0.2, 0.25) is 0 Å². The highest BCUT2D eigenvalue weighted by Crippen LogP contribution is 2.27. The summed E-state index contributed by atoms with van der Waals surface area (Å²) in [7, 11) is 0. The first-order valence-electron chi connectivity index (χ1n) is 8.02. The summed E-state index contributed by atoms with van der Waals surface area (Å²) in [6.45, 7) is 5.78. The van der Waals surface area contributed by atoms with Crippen LogP contribution in [0.25, 0.3) is 22.6 Å². The van der Waals surface area contributed by atoms with E-state index in [4.69, 9.17) is 0 Å². The van der Waals surface area contributed by atoms with Gasteiger partial charge >= 0.3 is 0 Å². The molecule has 1 aromatic carbocycles. The van der Waals surface area contributed by atoms with Gasteiger partial charge in [0.2, 0.25) is 0 Å². The third-order valence-corrected chi connectivity index (χ3v) is 3.89. The zero-order valence-corrected chi connectivity index (χ0v) is 13.8. The Morgan fingerprint density at radius 3 is 2.33 bits per heavy atom. The van der Waals surface area contributed by atoms with Crippen LogP contribution in [-0.2, 0) is 0 Å². The van der Waals surface area contributed by atoms with Gasteiger partial charge in [-0.15, -0.1) is 0 Å². The summed E-state index contributed by atoms with van der Waals surface area (Å²) in [6, 6.07) is 12.2. The Bertz CT molecular complexity index is 817. The van der Waals surface area contributed by atoms with Crippen molar-refractivity contribution < 1.29 is 4.39 Å². The maximum atomic E-state index is 14.2. The van der Waals surface area contributed by atoms with Crippen LogP contribution in [0.3, 0.4) is 0 Å². The Hall–Kier alpha value is -2.82. The number of aromatic nitrogens is 3. The van der Waals surface area contributed by atoms with Crippen LogP contribution in [0, 0.1) is 5.82 Å². The molecule has 2 heterocycles. The Morgan fingerprint density at radius 2 is 1.67 bits per heavy atom. The Labute approximate surface area is 141 Å². The molecule has 0 unspecified atom stereocenters. The van der Waals surface area contributed by atoms with Crippen molar-refractivity contribution >= 4 is 5.82 Å². The van der Waals surface area contributed by atoms with Crippen molar-refractivity contribution in [3.05, 3.63) is 60.7 Å². The molecule has 0 aliphatic rings. The molecule has 0 radical (unpaired) electrons. The Kier molecular flexibility index (Phi) is 4.79. The van der Waals surface area contributed by atoms with Crippen molar-refractivity contribution in [2.45, 2.75) is 13.8 Å². The van der Waals surface area contributed by atoms with E-state index in [9.17, 15) is 4.39 Å². The fraction of sp³-hybridized carbons (Fsp3) is 0.211. The molecule has 0 saturated heterocycles. The number of hydrogen-bond donors (Lipinski definition) is 0. The second kappa shape index (κ2) is 7.17. The predicted octanol–water partition coefficient (Wildman–Crippen LogP) is 4.19. The van der Waals surface area contributed by atoms with E-state index in [0.29, 0.717) is 17.1 Å². The molecule has 0 fully saturated rings. The summed E-state index contributed by atoms with van der Waals surface area (Å²) in [6.07, 6.45) is 3.40. The van der Waals surface area contributed by atoms with E-state index in [-0.39, 0.29) is 5.82 Å². The number of halogens is 1. The van der Waals surface area contributed by atoms with Gasteiger partial charge in [0.15, 0.2) is 5.82 Å². The van der Waals surface area contributed by atoms with Crippen LogP contribution in [0.5, 0.6) is 0 Å². The van der Waals surface area contributed by atoms with Gasteiger partial charge < -0.3 is 4.90 Å². The lowest BCUT2D eigenvalue weighted by Crippen LogP contribution is -2.23. The summed E-state index contributed by atoms with van der Waals surface area (Å²) in [4.78, 5) is 15.4. The van der Waals surface area contributed by atoms with Gasteiger partial charge in [0.05, 0.1) is 5.69 Å². The summed E-state index contributed by atoms with van der Waals surface area (Å²) >= 11 is 0. The third kappa shape index (κ3) is 3.25. The van der Waals surface area contributed by atoms with Gasteiger partial charge in [0.25, 0.3) is 0 Å². The first-order chi connectivity index (χ1) is 11.7. The van der Waals surface area contributed by atoms with Crippen LogP contribution in [0.4, 0.5) is 10.2 Å². The first-order valence-corrected chi connectivity index (χ1v) is 8.02. The summed E-state index contributed by atoms with van der Waals surface area (Å²) in [5.41, 5.74) is 1.91. The zero-order valence-electron chi connectivity index (χ0n) is 13.8. The molecule has 0 atom stereocenters. The number of nitrogens with zero attached hydrogens (tertiary/aromatic N) is 4. The maximum Gasteiger partial charge on any atom is 0.162 e. The fourth-order valence-electron chi connectivity index (χ4n) is 2.58. The fourth-order valence-corrected chi connectivity index (χ4v) is 2.58. The molecule has 0 amide bonds. The second-order valence-electron chi connectivity index (χ2n) is 5.32. The SMILES string of the molecule is CCN(CC)c1cc(-c2ccccc2F)nc(-c2ccncc2)n1. The predicted molar refractivity (Wildman–Crippen MR) is 94.2 cm³/mol. The van der Waals surface area contributed by atoms with Crippen LogP contribution in [0.15, 0.2) is 54.9 Å². The lowest BCUT2D eigenvalue weighted by molar-refractivity contribution is 0.630. The second-order valence-corrected chi connectivity index (χ2v) is 5.32. The quantitative estimate of drug-likeness (QED) is 0.706. The lowest BCUT2D eigenvalue weighted by Gasteiger charge is -2.21. The van der Waals surface area contributed by atoms with Crippen molar-refractivity contribution in [2.24, 2.45) is 0 Å². The van der Waals surface area contributed by atoms with E-state index >= 15 is 0 Å². The standard InChI is InChI=1S/C19H19FN4/c1-3-24(4-2)18-13-17(15-7-5-6-8-16(15)20)22-19(23-18)14-9-11-21-12-10-14/h5-13H,3-4H2,1-2H3. The van der Waals surface area contributed by atoms with E-state index in [0.717, 1.165) is 24.5 Å². The van der Waals surface area contributed by atoms with Gasteiger partial charge in [-0.3, -0.25) is 4.98 Å². The molecule has 0 spiro atoms. The van der Waals surface area contributed by atoms with Crippen molar-refractivity contribution in [3.63, 3.8) is 0 Å². The topological polar surface area (TPSA) is 41.9 Å². The molecular formula is C19H19FN4. The van der Waals surface area contributed by atoms with Crippen LogP contribution < -0.4 is 4.90 Å². The van der Waals surface area contributed by atoms with Crippen molar-refractivity contribution in [2.75, 3.05) is 18.0 Å². The third-order valence-electron chi connectivity index (χ3n) is 3.89. The molecule has 0 bridgehead atoms. The largest absolute Gasteiger partial charge is 0.357 e. The number of hydrogen-bond acceptors (Lipinski definition) is 4. The van der Waals surface area contributed by atoms with Gasteiger partial charge in [0.1, 0.15) is 11.6 Å². The van der Waals surface area contributed by atoms with Crippen molar-refractivity contribution in [3.8, 4) is 22.6 Å².